The van der Waals surface area contributed by atoms with Crippen LogP contribution in [-0.4, -0.2) is 12.5 Å². The second-order valence-electron chi connectivity index (χ2n) is 4.53. The molecular formula is C17H19NOS. The molecule has 2 aromatic rings. The maximum atomic E-state index is 12.1. The van der Waals surface area contributed by atoms with Gasteiger partial charge < -0.3 is 5.32 Å². The summed E-state index contributed by atoms with van der Waals surface area (Å²) in [5, 5.41) is 2.93. The van der Waals surface area contributed by atoms with E-state index in [1.54, 1.807) is 11.8 Å². The standard InChI is InChI=1S/C17H19NOS/c1-2-12-18-17(19)15-10-6-7-11-16(15)20-13-14-8-4-3-5-9-14/h3-11H,2,12-13H2,1H3,(H,18,19). The molecule has 0 aliphatic carbocycles. The van der Waals surface area contributed by atoms with Crippen molar-refractivity contribution < 1.29 is 4.79 Å². The molecule has 0 aliphatic heterocycles. The zero-order valence-corrected chi connectivity index (χ0v) is 12.5. The summed E-state index contributed by atoms with van der Waals surface area (Å²) in [6.07, 6.45) is 0.949. The summed E-state index contributed by atoms with van der Waals surface area (Å²) < 4.78 is 0. The normalized spacial score (nSPS) is 10.2. The molecule has 20 heavy (non-hydrogen) atoms. The number of hydrogen-bond acceptors (Lipinski definition) is 2. The summed E-state index contributed by atoms with van der Waals surface area (Å²) in [7, 11) is 0. The van der Waals surface area contributed by atoms with Crippen LogP contribution in [0.1, 0.15) is 29.3 Å². The molecule has 104 valence electrons. The Kier molecular flexibility index (Phi) is 5.69. The first-order valence-electron chi connectivity index (χ1n) is 6.85. The molecule has 0 bridgehead atoms. The van der Waals surface area contributed by atoms with Gasteiger partial charge in [0.15, 0.2) is 0 Å². The van der Waals surface area contributed by atoms with Gasteiger partial charge in [-0.05, 0) is 24.1 Å². The SMILES string of the molecule is CCCNC(=O)c1ccccc1SCc1ccccc1. The highest BCUT2D eigenvalue weighted by atomic mass is 32.2. The van der Waals surface area contributed by atoms with E-state index in [1.165, 1.54) is 5.56 Å². The van der Waals surface area contributed by atoms with Crippen molar-refractivity contribution in [3.05, 3.63) is 65.7 Å². The predicted octanol–water partition coefficient (Wildman–Crippen LogP) is 4.12. The third kappa shape index (κ3) is 4.14. The lowest BCUT2D eigenvalue weighted by Gasteiger charge is -2.09. The molecule has 2 nitrogen and oxygen atoms in total. The lowest BCUT2D eigenvalue weighted by molar-refractivity contribution is 0.0951. The van der Waals surface area contributed by atoms with Gasteiger partial charge in [-0.2, -0.15) is 0 Å². The Morgan fingerprint density at radius 3 is 2.50 bits per heavy atom. The average molecular weight is 285 g/mol. The summed E-state index contributed by atoms with van der Waals surface area (Å²) in [5.74, 6) is 0.891. The van der Waals surface area contributed by atoms with Gasteiger partial charge >= 0.3 is 0 Å². The minimum atomic E-state index is 0.0167. The van der Waals surface area contributed by atoms with Crippen LogP contribution in [0.4, 0.5) is 0 Å². The van der Waals surface area contributed by atoms with E-state index >= 15 is 0 Å². The highest BCUT2D eigenvalue weighted by molar-refractivity contribution is 7.98. The number of hydrogen-bond donors (Lipinski definition) is 1. The van der Waals surface area contributed by atoms with Gasteiger partial charge in [0.25, 0.3) is 5.91 Å². The lowest BCUT2D eigenvalue weighted by Crippen LogP contribution is -2.24. The van der Waals surface area contributed by atoms with Crippen molar-refractivity contribution in [2.45, 2.75) is 24.0 Å². The molecule has 0 saturated heterocycles. The van der Waals surface area contributed by atoms with E-state index in [-0.39, 0.29) is 5.91 Å². The topological polar surface area (TPSA) is 29.1 Å². The quantitative estimate of drug-likeness (QED) is 0.809. The molecule has 2 aromatic carbocycles. The van der Waals surface area contributed by atoms with Crippen LogP contribution >= 0.6 is 11.8 Å². The predicted molar refractivity (Wildman–Crippen MR) is 85.1 cm³/mol. The van der Waals surface area contributed by atoms with Crippen molar-refractivity contribution in [2.75, 3.05) is 6.54 Å². The van der Waals surface area contributed by atoms with Gasteiger partial charge in [-0.1, -0.05) is 49.4 Å². The molecule has 0 radical (unpaired) electrons. The molecule has 0 heterocycles. The monoisotopic (exact) mass is 285 g/mol. The maximum Gasteiger partial charge on any atom is 0.252 e. The second kappa shape index (κ2) is 7.75. The zero-order chi connectivity index (χ0) is 14.2. The van der Waals surface area contributed by atoms with Crippen molar-refractivity contribution in [1.82, 2.24) is 5.32 Å². The molecule has 0 aromatic heterocycles. The summed E-state index contributed by atoms with van der Waals surface area (Å²) >= 11 is 1.70. The van der Waals surface area contributed by atoms with Crippen molar-refractivity contribution in [3.8, 4) is 0 Å². The molecule has 0 atom stereocenters. The van der Waals surface area contributed by atoms with Gasteiger partial charge in [0.05, 0.1) is 5.56 Å². The van der Waals surface area contributed by atoms with Crippen molar-refractivity contribution in [1.29, 1.82) is 0 Å². The molecule has 0 aliphatic rings. The number of nitrogens with one attached hydrogen (secondary N) is 1. The Balaban J connectivity index is 2.06. The Hall–Kier alpha value is -1.74. The van der Waals surface area contributed by atoms with Crippen LogP contribution in [0.5, 0.6) is 0 Å². The van der Waals surface area contributed by atoms with Gasteiger partial charge in [-0.15, -0.1) is 11.8 Å². The van der Waals surface area contributed by atoms with E-state index in [9.17, 15) is 4.79 Å². The molecular weight excluding hydrogens is 266 g/mol. The first-order valence-corrected chi connectivity index (χ1v) is 7.83. The van der Waals surface area contributed by atoms with Crippen LogP contribution < -0.4 is 5.32 Å². The van der Waals surface area contributed by atoms with Crippen LogP contribution in [0.15, 0.2) is 59.5 Å². The van der Waals surface area contributed by atoms with E-state index in [0.29, 0.717) is 0 Å². The molecule has 0 spiro atoms. The minimum Gasteiger partial charge on any atom is -0.352 e. The number of amides is 1. The van der Waals surface area contributed by atoms with E-state index in [0.717, 1.165) is 29.2 Å². The fourth-order valence-corrected chi connectivity index (χ4v) is 2.85. The van der Waals surface area contributed by atoms with Gasteiger partial charge in [0.1, 0.15) is 0 Å². The Morgan fingerprint density at radius 2 is 1.75 bits per heavy atom. The van der Waals surface area contributed by atoms with Gasteiger partial charge in [-0.3, -0.25) is 4.79 Å². The number of carbonyl (C=O) groups is 1. The lowest BCUT2D eigenvalue weighted by atomic mass is 10.2. The highest BCUT2D eigenvalue weighted by Crippen LogP contribution is 2.26. The first kappa shape index (κ1) is 14.7. The molecule has 3 heteroatoms. The number of thioether (sulfide) groups is 1. The van der Waals surface area contributed by atoms with E-state index in [4.69, 9.17) is 0 Å². The summed E-state index contributed by atoms with van der Waals surface area (Å²) in [6, 6.07) is 18.1. The third-order valence-corrected chi connectivity index (χ3v) is 4.05. The summed E-state index contributed by atoms with van der Waals surface area (Å²) in [4.78, 5) is 13.1. The van der Waals surface area contributed by atoms with Gasteiger partial charge in [0.2, 0.25) is 0 Å². The van der Waals surface area contributed by atoms with Crippen LogP contribution in [0.25, 0.3) is 0 Å². The van der Waals surface area contributed by atoms with Crippen LogP contribution in [0, 0.1) is 0 Å². The fourth-order valence-electron chi connectivity index (χ4n) is 1.85. The Morgan fingerprint density at radius 1 is 1.05 bits per heavy atom. The highest BCUT2D eigenvalue weighted by Gasteiger charge is 2.10. The average Bonchev–Trinajstić information content (AvgIpc) is 2.52. The molecule has 0 fully saturated rings. The number of benzene rings is 2. The van der Waals surface area contributed by atoms with E-state index in [1.807, 2.05) is 42.5 Å². The van der Waals surface area contributed by atoms with Crippen LogP contribution in [-0.2, 0) is 5.75 Å². The van der Waals surface area contributed by atoms with Crippen LogP contribution in [0.3, 0.4) is 0 Å². The smallest absolute Gasteiger partial charge is 0.252 e. The molecule has 1 N–H and O–H groups in total. The zero-order valence-electron chi connectivity index (χ0n) is 11.6. The van der Waals surface area contributed by atoms with E-state index < -0.39 is 0 Å². The Labute approximate surface area is 124 Å². The molecule has 0 saturated carbocycles. The van der Waals surface area contributed by atoms with Gasteiger partial charge in [-0.25, -0.2) is 0 Å². The second-order valence-corrected chi connectivity index (χ2v) is 5.54. The van der Waals surface area contributed by atoms with E-state index in [2.05, 4.69) is 24.4 Å². The first-order chi connectivity index (χ1) is 9.81. The number of rotatable bonds is 6. The Bertz CT molecular complexity index is 554. The van der Waals surface area contributed by atoms with Crippen molar-refractivity contribution in [2.24, 2.45) is 0 Å². The molecule has 1 amide bonds. The molecule has 2 rings (SSSR count). The van der Waals surface area contributed by atoms with Crippen molar-refractivity contribution >= 4 is 17.7 Å². The summed E-state index contributed by atoms with van der Waals surface area (Å²) in [5.41, 5.74) is 2.03. The maximum absolute atomic E-state index is 12.1. The minimum absolute atomic E-state index is 0.0167. The van der Waals surface area contributed by atoms with Crippen LogP contribution in [0.2, 0.25) is 0 Å². The number of carbonyl (C=O) groups excluding carboxylic acids is 1. The van der Waals surface area contributed by atoms with Crippen molar-refractivity contribution in [3.63, 3.8) is 0 Å². The third-order valence-electron chi connectivity index (χ3n) is 2.90. The summed E-state index contributed by atoms with van der Waals surface area (Å²) in [6.45, 7) is 2.77. The van der Waals surface area contributed by atoms with Gasteiger partial charge in [0, 0.05) is 17.2 Å². The molecule has 0 unspecified atom stereocenters. The fraction of sp³-hybridized carbons (Fsp3) is 0.235. The largest absolute Gasteiger partial charge is 0.352 e.